The van der Waals surface area contributed by atoms with Gasteiger partial charge >= 0.3 is 0 Å². The number of fused-ring (bicyclic) bond motifs is 1. The number of aromatic nitrogens is 2. The van der Waals surface area contributed by atoms with Crippen molar-refractivity contribution in [2.45, 2.75) is 82.7 Å². The smallest absolute Gasteiger partial charge is 0.0902 e. The van der Waals surface area contributed by atoms with Crippen LogP contribution in [0.2, 0.25) is 0 Å². The van der Waals surface area contributed by atoms with Gasteiger partial charge in [-0.15, -0.1) is 0 Å². The van der Waals surface area contributed by atoms with Crippen molar-refractivity contribution in [3.63, 3.8) is 0 Å². The van der Waals surface area contributed by atoms with Crippen LogP contribution in [0.4, 0.5) is 0 Å². The molecule has 2 saturated heterocycles. The minimum Gasteiger partial charge on any atom is -0.244 e. The van der Waals surface area contributed by atoms with E-state index in [1.54, 1.807) is 0 Å². The van der Waals surface area contributed by atoms with Crippen LogP contribution in [0.3, 0.4) is 0 Å². The lowest BCUT2D eigenvalue weighted by Gasteiger charge is -2.29. The molecule has 1 aromatic carbocycles. The van der Waals surface area contributed by atoms with Gasteiger partial charge in [-0.1, -0.05) is 32.9 Å². The van der Waals surface area contributed by atoms with E-state index in [0.717, 1.165) is 28.0 Å². The third-order valence-corrected chi connectivity index (χ3v) is 13.4. The number of para-hydroxylation sites is 2. The Kier molecular flexibility index (Phi) is 5.92. The molecular formula is C22H32N2P2. The zero-order chi connectivity index (χ0) is 18.1. The molecule has 0 aliphatic carbocycles. The molecule has 2 aromatic rings. The Labute approximate surface area is 161 Å². The highest BCUT2D eigenvalue weighted by Crippen LogP contribution is 2.58. The van der Waals surface area contributed by atoms with E-state index in [4.69, 9.17) is 9.97 Å². The molecule has 2 nitrogen and oxygen atoms in total. The second-order valence-corrected chi connectivity index (χ2v) is 13.1. The van der Waals surface area contributed by atoms with Crippen LogP contribution in [0.5, 0.6) is 0 Å². The molecule has 2 aliphatic rings. The van der Waals surface area contributed by atoms with Gasteiger partial charge < -0.3 is 0 Å². The molecule has 0 saturated carbocycles. The van der Waals surface area contributed by atoms with Gasteiger partial charge in [-0.05, 0) is 96.1 Å². The summed E-state index contributed by atoms with van der Waals surface area (Å²) in [5, 5.41) is 0. The summed E-state index contributed by atoms with van der Waals surface area (Å²) in [6.45, 7) is 7.16. The molecular weight excluding hydrogens is 354 g/mol. The molecule has 1 aromatic heterocycles. The maximum atomic E-state index is 5.35. The largest absolute Gasteiger partial charge is 0.244 e. The van der Waals surface area contributed by atoms with Crippen LogP contribution in [-0.2, 0) is 0 Å². The van der Waals surface area contributed by atoms with E-state index in [9.17, 15) is 0 Å². The predicted molar refractivity (Wildman–Crippen MR) is 118 cm³/mol. The fourth-order valence-electron chi connectivity index (χ4n) is 4.99. The SMILES string of the molecule is CC[C@@H]1CCCP1c1nc2ccccc2nc1P1[C@H](CC)CC[C@H]1CC. The van der Waals surface area contributed by atoms with Crippen LogP contribution in [0.15, 0.2) is 24.3 Å². The Morgan fingerprint density at radius 3 is 1.96 bits per heavy atom. The van der Waals surface area contributed by atoms with Gasteiger partial charge in [0, 0.05) is 0 Å². The average molecular weight is 386 g/mol. The highest BCUT2D eigenvalue weighted by atomic mass is 31.1. The standard InChI is InChI=1S/C22H32N2P2/c1-4-16-10-9-15-25(16)21-22(24-20-12-8-7-11-19(20)23-21)26-17(5-2)13-14-18(26)6-3/h7-8,11-12,16-18H,4-6,9-10,13-15H2,1-3H3/t16-,17-,18-,25?/m1/s1. The zero-order valence-electron chi connectivity index (χ0n) is 16.5. The Morgan fingerprint density at radius 1 is 0.808 bits per heavy atom. The average Bonchev–Trinajstić information content (AvgIpc) is 3.32. The molecule has 0 bridgehead atoms. The number of rotatable bonds is 5. The van der Waals surface area contributed by atoms with E-state index in [1.165, 1.54) is 62.0 Å². The van der Waals surface area contributed by atoms with Crippen molar-refractivity contribution in [3.05, 3.63) is 24.3 Å². The lowest BCUT2D eigenvalue weighted by atomic mass is 10.1. The molecule has 0 amide bonds. The van der Waals surface area contributed by atoms with Gasteiger partial charge in [-0.3, -0.25) is 0 Å². The fourth-order valence-corrected chi connectivity index (χ4v) is 12.1. The van der Waals surface area contributed by atoms with Crippen LogP contribution in [0, 0.1) is 0 Å². The molecule has 2 aliphatic heterocycles. The molecule has 140 valence electrons. The molecule has 26 heavy (non-hydrogen) atoms. The Hall–Kier alpha value is -0.580. The molecule has 4 heteroatoms. The quantitative estimate of drug-likeness (QED) is 0.610. The van der Waals surface area contributed by atoms with Gasteiger partial charge in [-0.25, -0.2) is 9.97 Å². The van der Waals surface area contributed by atoms with Crippen LogP contribution in [0.1, 0.15) is 65.7 Å². The topological polar surface area (TPSA) is 25.8 Å². The molecule has 4 rings (SSSR count). The van der Waals surface area contributed by atoms with E-state index < -0.39 is 0 Å². The fraction of sp³-hybridized carbons (Fsp3) is 0.636. The molecule has 0 spiro atoms. The Balaban J connectivity index is 1.87. The molecule has 0 N–H and O–H groups in total. The van der Waals surface area contributed by atoms with Gasteiger partial charge in [0.2, 0.25) is 0 Å². The van der Waals surface area contributed by atoms with Crippen molar-refractivity contribution >= 4 is 37.7 Å². The van der Waals surface area contributed by atoms with E-state index in [2.05, 4.69) is 45.0 Å². The Morgan fingerprint density at radius 2 is 1.38 bits per heavy atom. The highest BCUT2D eigenvalue weighted by Gasteiger charge is 2.40. The molecule has 2 fully saturated rings. The van der Waals surface area contributed by atoms with Crippen molar-refractivity contribution in [2.75, 3.05) is 6.16 Å². The van der Waals surface area contributed by atoms with Crippen LogP contribution in [-0.4, -0.2) is 33.1 Å². The van der Waals surface area contributed by atoms with Crippen molar-refractivity contribution in [1.29, 1.82) is 0 Å². The van der Waals surface area contributed by atoms with Gasteiger partial charge in [0.25, 0.3) is 0 Å². The number of hydrogen-bond donors (Lipinski definition) is 0. The lowest BCUT2D eigenvalue weighted by molar-refractivity contribution is 0.696. The summed E-state index contributed by atoms with van der Waals surface area (Å²) in [5.41, 5.74) is 7.77. The summed E-state index contributed by atoms with van der Waals surface area (Å²) in [7, 11) is -0.278. The van der Waals surface area contributed by atoms with Crippen molar-refractivity contribution in [3.8, 4) is 0 Å². The number of benzene rings is 1. The minimum atomic E-state index is -0.159. The first-order valence-corrected chi connectivity index (χ1v) is 13.7. The van der Waals surface area contributed by atoms with Gasteiger partial charge in [-0.2, -0.15) is 0 Å². The number of nitrogens with zero attached hydrogens (tertiary/aromatic N) is 2. The van der Waals surface area contributed by atoms with Crippen LogP contribution >= 0.6 is 15.8 Å². The first-order chi connectivity index (χ1) is 12.8. The minimum absolute atomic E-state index is 0.119. The van der Waals surface area contributed by atoms with E-state index in [-0.39, 0.29) is 15.8 Å². The van der Waals surface area contributed by atoms with Crippen molar-refractivity contribution in [2.24, 2.45) is 0 Å². The molecule has 1 unspecified atom stereocenters. The first-order valence-electron chi connectivity index (χ1n) is 10.6. The summed E-state index contributed by atoms with van der Waals surface area (Å²) >= 11 is 0. The van der Waals surface area contributed by atoms with E-state index in [0.29, 0.717) is 0 Å². The first kappa shape index (κ1) is 18.8. The van der Waals surface area contributed by atoms with Gasteiger partial charge in [0.05, 0.1) is 21.9 Å². The van der Waals surface area contributed by atoms with Crippen molar-refractivity contribution < 1.29 is 0 Å². The monoisotopic (exact) mass is 386 g/mol. The summed E-state index contributed by atoms with van der Waals surface area (Å²) in [5.74, 6) is 0. The summed E-state index contributed by atoms with van der Waals surface area (Å²) in [4.78, 5) is 10.7. The van der Waals surface area contributed by atoms with E-state index in [1.807, 2.05) is 0 Å². The van der Waals surface area contributed by atoms with Gasteiger partial charge in [0.15, 0.2) is 0 Å². The third kappa shape index (κ3) is 3.33. The van der Waals surface area contributed by atoms with Gasteiger partial charge in [0.1, 0.15) is 0 Å². The normalized spacial score (nSPS) is 29.7. The van der Waals surface area contributed by atoms with Crippen LogP contribution < -0.4 is 10.9 Å². The second kappa shape index (κ2) is 8.20. The maximum Gasteiger partial charge on any atom is 0.0902 e. The number of hydrogen-bond acceptors (Lipinski definition) is 2. The summed E-state index contributed by atoms with van der Waals surface area (Å²) < 4.78 is 0. The highest BCUT2D eigenvalue weighted by molar-refractivity contribution is 7.73. The molecule has 0 radical (unpaired) electrons. The third-order valence-electron chi connectivity index (χ3n) is 6.46. The summed E-state index contributed by atoms with van der Waals surface area (Å²) in [6, 6.07) is 8.57. The molecule has 4 atom stereocenters. The molecule has 3 heterocycles. The summed E-state index contributed by atoms with van der Waals surface area (Å²) in [6.07, 6.45) is 10.9. The maximum absolute atomic E-state index is 5.35. The Bertz CT molecular complexity index is 751. The van der Waals surface area contributed by atoms with Crippen LogP contribution in [0.25, 0.3) is 11.0 Å². The predicted octanol–water partition coefficient (Wildman–Crippen LogP) is 5.77. The lowest BCUT2D eigenvalue weighted by Crippen LogP contribution is -2.34. The second-order valence-electron chi connectivity index (χ2n) is 7.87. The van der Waals surface area contributed by atoms with E-state index >= 15 is 0 Å². The zero-order valence-corrected chi connectivity index (χ0v) is 18.3. The van der Waals surface area contributed by atoms with Crippen molar-refractivity contribution in [1.82, 2.24) is 9.97 Å².